The molecule has 1 amide bonds. The van der Waals surface area contributed by atoms with Crippen LogP contribution in [0.3, 0.4) is 0 Å². The normalized spacial score (nSPS) is 10.6. The van der Waals surface area contributed by atoms with Crippen molar-refractivity contribution < 1.29 is 9.18 Å². The van der Waals surface area contributed by atoms with Crippen LogP contribution in [-0.4, -0.2) is 24.0 Å². The number of benzene rings is 2. The van der Waals surface area contributed by atoms with Crippen LogP contribution in [0, 0.1) is 5.82 Å². The van der Waals surface area contributed by atoms with Crippen LogP contribution in [0.1, 0.15) is 12.0 Å². The van der Waals surface area contributed by atoms with Crippen LogP contribution in [0.15, 0.2) is 53.4 Å². The van der Waals surface area contributed by atoms with E-state index in [4.69, 9.17) is 11.6 Å². The lowest BCUT2D eigenvalue weighted by atomic mass is 10.2. The van der Waals surface area contributed by atoms with Crippen LogP contribution in [0.5, 0.6) is 0 Å². The van der Waals surface area contributed by atoms with Gasteiger partial charge >= 0.3 is 0 Å². The molecular weight excluding hydrogens is 365 g/mol. The number of nitrogens with one attached hydrogen (secondary N) is 1. The van der Waals surface area contributed by atoms with Crippen molar-refractivity contribution in [2.75, 3.05) is 18.1 Å². The Hall–Kier alpha value is -1.17. The molecule has 0 aliphatic heterocycles. The van der Waals surface area contributed by atoms with Crippen molar-refractivity contribution >= 4 is 41.0 Å². The first-order chi connectivity index (χ1) is 11.6. The highest BCUT2D eigenvalue weighted by atomic mass is 35.5. The molecule has 0 saturated carbocycles. The van der Waals surface area contributed by atoms with Crippen molar-refractivity contribution in [3.05, 3.63) is 64.9 Å². The summed E-state index contributed by atoms with van der Waals surface area (Å²) in [5, 5.41) is 3.60. The molecule has 6 heteroatoms. The quantitative estimate of drug-likeness (QED) is 0.487. The Labute approximate surface area is 155 Å². The van der Waals surface area contributed by atoms with E-state index in [1.165, 1.54) is 6.07 Å². The Morgan fingerprint density at radius 1 is 1.08 bits per heavy atom. The Bertz CT molecular complexity index is 652. The lowest BCUT2D eigenvalue weighted by molar-refractivity contribution is -0.120. The molecule has 24 heavy (non-hydrogen) atoms. The fraction of sp³-hybridized carbons (Fsp3) is 0.278. The number of carbonyl (C=O) groups is 1. The molecule has 0 aromatic heterocycles. The lowest BCUT2D eigenvalue weighted by Gasteiger charge is -2.06. The number of halogens is 2. The third-order valence-corrected chi connectivity index (χ3v) is 5.47. The molecule has 0 aliphatic carbocycles. The summed E-state index contributed by atoms with van der Waals surface area (Å²) >= 11 is 9.08. The van der Waals surface area contributed by atoms with Gasteiger partial charge in [0, 0.05) is 40.1 Å². The van der Waals surface area contributed by atoms with E-state index in [-0.39, 0.29) is 11.7 Å². The van der Waals surface area contributed by atoms with E-state index in [0.29, 0.717) is 29.3 Å². The Morgan fingerprint density at radius 3 is 2.58 bits per heavy atom. The predicted molar refractivity (Wildman–Crippen MR) is 102 cm³/mol. The van der Waals surface area contributed by atoms with Gasteiger partial charge in [0.05, 0.1) is 0 Å². The lowest BCUT2D eigenvalue weighted by Crippen LogP contribution is -2.25. The van der Waals surface area contributed by atoms with Gasteiger partial charge in [-0.05, 0) is 35.9 Å². The highest BCUT2D eigenvalue weighted by Gasteiger charge is 2.03. The van der Waals surface area contributed by atoms with Crippen molar-refractivity contribution in [1.82, 2.24) is 5.32 Å². The van der Waals surface area contributed by atoms with Crippen molar-refractivity contribution in [2.24, 2.45) is 0 Å². The average Bonchev–Trinajstić information content (AvgIpc) is 2.58. The molecule has 2 nitrogen and oxygen atoms in total. The van der Waals surface area contributed by atoms with Gasteiger partial charge in [0.25, 0.3) is 0 Å². The number of hydrogen-bond acceptors (Lipinski definition) is 3. The Kier molecular flexibility index (Phi) is 8.50. The van der Waals surface area contributed by atoms with Crippen molar-refractivity contribution in [2.45, 2.75) is 17.1 Å². The van der Waals surface area contributed by atoms with Crippen molar-refractivity contribution in [3.8, 4) is 0 Å². The van der Waals surface area contributed by atoms with Gasteiger partial charge in [0.15, 0.2) is 0 Å². The summed E-state index contributed by atoms with van der Waals surface area (Å²) in [5.41, 5.74) is 0.702. The van der Waals surface area contributed by atoms with Crippen molar-refractivity contribution in [1.29, 1.82) is 0 Å². The largest absolute Gasteiger partial charge is 0.355 e. The molecule has 128 valence electrons. The Morgan fingerprint density at radius 2 is 1.83 bits per heavy atom. The summed E-state index contributed by atoms with van der Waals surface area (Å²) in [6.07, 6.45) is 0.477. The van der Waals surface area contributed by atoms with Gasteiger partial charge in [-0.25, -0.2) is 4.39 Å². The fourth-order valence-corrected chi connectivity index (χ4v) is 3.76. The monoisotopic (exact) mass is 383 g/mol. The van der Waals surface area contributed by atoms with Gasteiger partial charge in [-0.2, -0.15) is 11.8 Å². The van der Waals surface area contributed by atoms with E-state index in [1.807, 2.05) is 30.3 Å². The molecule has 0 aliphatic rings. The zero-order valence-electron chi connectivity index (χ0n) is 13.1. The number of thioether (sulfide) groups is 2. The molecule has 1 N–H and O–H groups in total. The zero-order valence-corrected chi connectivity index (χ0v) is 15.5. The van der Waals surface area contributed by atoms with Crippen LogP contribution in [0.4, 0.5) is 4.39 Å². The molecule has 0 fully saturated rings. The van der Waals surface area contributed by atoms with Gasteiger partial charge in [-0.15, -0.1) is 11.8 Å². The zero-order chi connectivity index (χ0) is 17.2. The van der Waals surface area contributed by atoms with Crippen LogP contribution in [0.25, 0.3) is 0 Å². The minimum Gasteiger partial charge on any atom is -0.355 e. The molecule has 0 saturated heterocycles. The summed E-state index contributed by atoms with van der Waals surface area (Å²) in [4.78, 5) is 12.9. The van der Waals surface area contributed by atoms with Gasteiger partial charge < -0.3 is 5.32 Å². The van der Waals surface area contributed by atoms with Crippen LogP contribution in [0.2, 0.25) is 5.02 Å². The highest BCUT2D eigenvalue weighted by molar-refractivity contribution is 7.99. The molecule has 0 heterocycles. The molecule has 2 aromatic rings. The number of carbonyl (C=O) groups excluding carboxylic acids is 1. The van der Waals surface area contributed by atoms with Crippen LogP contribution in [-0.2, 0) is 10.5 Å². The van der Waals surface area contributed by atoms with E-state index >= 15 is 0 Å². The number of hydrogen-bond donors (Lipinski definition) is 1. The van der Waals surface area contributed by atoms with E-state index in [2.05, 4.69) is 5.32 Å². The molecule has 0 bridgehead atoms. The second-order valence-corrected chi connectivity index (χ2v) is 7.76. The first-order valence-electron chi connectivity index (χ1n) is 7.61. The molecular formula is C18H19ClFNOS2. The third-order valence-electron chi connectivity index (χ3n) is 3.20. The summed E-state index contributed by atoms with van der Waals surface area (Å²) in [5.74, 6) is 1.99. The summed E-state index contributed by atoms with van der Waals surface area (Å²) < 4.78 is 13.4. The van der Waals surface area contributed by atoms with Crippen molar-refractivity contribution in [3.63, 3.8) is 0 Å². The van der Waals surface area contributed by atoms with E-state index in [9.17, 15) is 9.18 Å². The maximum Gasteiger partial charge on any atom is 0.220 e. The number of amides is 1. The van der Waals surface area contributed by atoms with Gasteiger partial charge in [-0.1, -0.05) is 29.8 Å². The highest BCUT2D eigenvalue weighted by Crippen LogP contribution is 2.20. The molecule has 0 radical (unpaired) electrons. The summed E-state index contributed by atoms with van der Waals surface area (Å²) in [7, 11) is 0. The molecule has 0 atom stereocenters. The smallest absolute Gasteiger partial charge is 0.220 e. The standard InChI is InChI=1S/C18H19ClFNOS2/c19-15-5-7-16(8-6-15)24-11-9-18(22)21-10-12-23-13-14-3-1-2-4-17(14)20/h1-8H,9-13H2,(H,21,22). The van der Waals surface area contributed by atoms with E-state index < -0.39 is 0 Å². The third kappa shape index (κ3) is 7.16. The second-order valence-electron chi connectivity index (χ2n) is 5.05. The fourth-order valence-electron chi connectivity index (χ4n) is 1.94. The predicted octanol–water partition coefficient (Wildman–Crippen LogP) is 5.01. The van der Waals surface area contributed by atoms with Gasteiger partial charge in [0.1, 0.15) is 5.82 Å². The molecule has 0 unspecified atom stereocenters. The average molecular weight is 384 g/mol. The maximum absolute atomic E-state index is 13.4. The van der Waals surface area contributed by atoms with E-state index in [0.717, 1.165) is 16.4 Å². The number of rotatable bonds is 9. The molecule has 2 rings (SSSR count). The molecule has 0 spiro atoms. The Balaban J connectivity index is 1.53. The molecule has 2 aromatic carbocycles. The van der Waals surface area contributed by atoms with Gasteiger partial charge in [0.2, 0.25) is 5.91 Å². The van der Waals surface area contributed by atoms with Crippen LogP contribution >= 0.6 is 35.1 Å². The maximum atomic E-state index is 13.4. The SMILES string of the molecule is O=C(CCSc1ccc(Cl)cc1)NCCSCc1ccccc1F. The second kappa shape index (κ2) is 10.6. The van der Waals surface area contributed by atoms with Gasteiger partial charge in [-0.3, -0.25) is 4.79 Å². The minimum absolute atomic E-state index is 0.0444. The first-order valence-corrected chi connectivity index (χ1v) is 10.1. The summed E-state index contributed by atoms with van der Waals surface area (Å²) in [6, 6.07) is 14.4. The first kappa shape index (κ1) is 19.2. The minimum atomic E-state index is -0.173. The van der Waals surface area contributed by atoms with Crippen LogP contribution < -0.4 is 5.32 Å². The summed E-state index contributed by atoms with van der Waals surface area (Å²) in [6.45, 7) is 0.601. The van der Waals surface area contributed by atoms with E-state index in [1.54, 1.807) is 35.7 Å². The topological polar surface area (TPSA) is 29.1 Å².